The molecule has 0 amide bonds. The van der Waals surface area contributed by atoms with Crippen LogP contribution in [0.3, 0.4) is 0 Å². The quantitative estimate of drug-likeness (QED) is 0.555. The van der Waals surface area contributed by atoms with Crippen molar-refractivity contribution in [3.8, 4) is 0 Å². The molecule has 0 aromatic rings. The maximum absolute atomic E-state index is 2.65. The highest BCUT2D eigenvalue weighted by Gasteiger charge is 2.33. The molecule has 0 aromatic carbocycles. The van der Waals surface area contributed by atoms with Crippen LogP contribution in [-0.4, -0.2) is 16.8 Å². The predicted molar refractivity (Wildman–Crippen MR) is 48.2 cm³/mol. The van der Waals surface area contributed by atoms with Crippen LogP contribution in [-0.2, 0) is 0 Å². The van der Waals surface area contributed by atoms with Crippen molar-refractivity contribution < 1.29 is 0 Å². The Bertz CT molecular complexity index is 104. The summed E-state index contributed by atoms with van der Waals surface area (Å²) in [4.78, 5) is 0. The van der Waals surface area contributed by atoms with Gasteiger partial charge in [-0.15, -0.1) is 0 Å². The summed E-state index contributed by atoms with van der Waals surface area (Å²) in [6.07, 6.45) is 8.85. The van der Waals surface area contributed by atoms with Gasteiger partial charge in [0.25, 0.3) is 0 Å². The van der Waals surface area contributed by atoms with Crippen molar-refractivity contribution in [1.82, 2.24) is 4.67 Å². The Kier molecular flexibility index (Phi) is 1.97. The van der Waals surface area contributed by atoms with Crippen molar-refractivity contribution >= 4 is 9.39 Å². The van der Waals surface area contributed by atoms with E-state index < -0.39 is 0 Å². The molecule has 0 radical (unpaired) electrons. The highest BCUT2D eigenvalue weighted by molar-refractivity contribution is 7.13. The van der Waals surface area contributed by atoms with Crippen LogP contribution in [0.25, 0.3) is 0 Å². The Morgan fingerprint density at radius 1 is 0.900 bits per heavy atom. The van der Waals surface area contributed by atoms with Crippen molar-refractivity contribution in [1.29, 1.82) is 0 Å². The molecule has 0 heterocycles. The molecule has 2 fully saturated rings. The lowest BCUT2D eigenvalue weighted by Crippen LogP contribution is -2.43. The molecule has 1 unspecified atom stereocenters. The number of rotatable bonds is 2. The number of nitrogens with zero attached hydrogens (tertiary/aromatic N) is 1. The molecular formula is C8H17NP+. The highest BCUT2D eigenvalue weighted by Crippen LogP contribution is 2.35. The van der Waals surface area contributed by atoms with Gasteiger partial charge in [0, 0.05) is 21.5 Å². The molecule has 0 aliphatic heterocycles. The molecule has 2 aliphatic rings. The van der Waals surface area contributed by atoms with Crippen molar-refractivity contribution in [2.75, 3.05) is 0 Å². The summed E-state index contributed by atoms with van der Waals surface area (Å²) in [5, 5.41) is 0. The van der Waals surface area contributed by atoms with Crippen molar-refractivity contribution in [3.05, 3.63) is 0 Å². The minimum Gasteiger partial charge on any atom is -0.182 e. The van der Waals surface area contributed by atoms with E-state index in [4.69, 9.17) is 0 Å². The summed E-state index contributed by atoms with van der Waals surface area (Å²) in [5.41, 5.74) is 0. The van der Waals surface area contributed by atoms with Crippen LogP contribution in [0.1, 0.15) is 38.5 Å². The molecule has 0 aromatic heterocycles. The molecule has 0 saturated heterocycles. The summed E-state index contributed by atoms with van der Waals surface area (Å²) in [5.74, 6) is 0. The molecule has 0 N–H and O–H groups in total. The van der Waals surface area contributed by atoms with E-state index in [1.807, 2.05) is 0 Å². The van der Waals surface area contributed by atoms with Gasteiger partial charge in [0.15, 0.2) is 0 Å². The Morgan fingerprint density at radius 3 is 1.50 bits per heavy atom. The fourth-order valence-electron chi connectivity index (χ4n) is 1.73. The van der Waals surface area contributed by atoms with Gasteiger partial charge in [0.05, 0.1) is 0 Å². The van der Waals surface area contributed by atoms with Crippen LogP contribution in [0, 0.1) is 0 Å². The van der Waals surface area contributed by atoms with Gasteiger partial charge in [-0.05, 0) is 25.7 Å². The molecule has 10 heavy (non-hydrogen) atoms. The van der Waals surface area contributed by atoms with Crippen molar-refractivity contribution in [3.63, 3.8) is 0 Å². The van der Waals surface area contributed by atoms with Crippen LogP contribution in [0.4, 0.5) is 0 Å². The lowest BCUT2D eigenvalue weighted by Gasteiger charge is -2.39. The molecule has 58 valence electrons. The average Bonchev–Trinajstić information content (AvgIpc) is 1.52. The van der Waals surface area contributed by atoms with Crippen LogP contribution < -0.4 is 0 Å². The van der Waals surface area contributed by atoms with E-state index in [-0.39, 0.29) is 0 Å². The molecule has 2 aliphatic carbocycles. The van der Waals surface area contributed by atoms with Crippen LogP contribution >= 0.6 is 9.39 Å². The second-order valence-corrected chi connectivity index (χ2v) is 4.41. The molecule has 0 spiro atoms. The smallest absolute Gasteiger partial charge is 0.0440 e. The van der Waals surface area contributed by atoms with Crippen molar-refractivity contribution in [2.24, 2.45) is 0 Å². The third-order valence-corrected chi connectivity index (χ3v) is 4.12. The first-order chi connectivity index (χ1) is 4.88. The van der Waals surface area contributed by atoms with Gasteiger partial charge in [0.1, 0.15) is 0 Å². The third kappa shape index (κ3) is 1.10. The van der Waals surface area contributed by atoms with Crippen LogP contribution in [0.15, 0.2) is 0 Å². The summed E-state index contributed by atoms with van der Waals surface area (Å²) >= 11 is 0. The van der Waals surface area contributed by atoms with Crippen LogP contribution in [0.5, 0.6) is 0 Å². The molecule has 1 nitrogen and oxygen atoms in total. The minimum absolute atomic E-state index is 0.976. The lowest BCUT2D eigenvalue weighted by atomic mass is 9.87. The monoisotopic (exact) mass is 158 g/mol. The summed E-state index contributed by atoms with van der Waals surface area (Å²) in [6.45, 7) is 0. The van der Waals surface area contributed by atoms with Gasteiger partial charge < -0.3 is 0 Å². The van der Waals surface area contributed by atoms with Crippen LogP contribution in [0.2, 0.25) is 0 Å². The molecule has 2 rings (SSSR count). The second-order valence-electron chi connectivity index (χ2n) is 3.68. The van der Waals surface area contributed by atoms with Gasteiger partial charge in [0.2, 0.25) is 0 Å². The number of hydrogen-bond donors (Lipinski definition) is 0. The fraction of sp³-hybridized carbons (Fsp3) is 1.00. The Labute approximate surface area is 65.4 Å². The standard InChI is InChI=1S/C8H16NP/c10-9(7-3-1-4-7)8-5-2-6-8/h7-8H,1-6,10H2/p+1. The maximum atomic E-state index is 2.65. The van der Waals surface area contributed by atoms with Gasteiger partial charge in [-0.25, -0.2) is 0 Å². The van der Waals surface area contributed by atoms with E-state index >= 15 is 0 Å². The molecular weight excluding hydrogens is 141 g/mol. The first kappa shape index (κ1) is 7.06. The van der Waals surface area contributed by atoms with E-state index in [9.17, 15) is 0 Å². The molecule has 2 heteroatoms. The summed E-state index contributed by atoms with van der Waals surface area (Å²) in [7, 11) is 2.11. The largest absolute Gasteiger partial charge is 0.182 e. The topological polar surface area (TPSA) is 3.24 Å². The van der Waals surface area contributed by atoms with E-state index in [0.29, 0.717) is 0 Å². The van der Waals surface area contributed by atoms with E-state index in [2.05, 4.69) is 14.1 Å². The van der Waals surface area contributed by atoms with Gasteiger partial charge >= 0.3 is 0 Å². The molecule has 1 atom stereocenters. The maximum Gasteiger partial charge on any atom is 0.0440 e. The fourth-order valence-corrected chi connectivity index (χ4v) is 2.47. The zero-order valence-corrected chi connectivity index (χ0v) is 7.97. The van der Waals surface area contributed by atoms with E-state index in [1.165, 1.54) is 38.5 Å². The number of hydrogen-bond acceptors (Lipinski definition) is 1. The van der Waals surface area contributed by atoms with Gasteiger partial charge in [-0.2, -0.15) is 4.67 Å². The Hall–Kier alpha value is 0.390. The molecule has 2 saturated carbocycles. The minimum atomic E-state index is 0.976. The Balaban J connectivity index is 1.79. The normalized spacial score (nSPS) is 28.5. The van der Waals surface area contributed by atoms with E-state index in [0.717, 1.165) is 12.1 Å². The zero-order chi connectivity index (χ0) is 6.97. The predicted octanol–water partition coefficient (Wildman–Crippen LogP) is 1.92. The summed E-state index contributed by atoms with van der Waals surface area (Å²) in [6, 6.07) is 1.95. The molecule has 0 bridgehead atoms. The first-order valence-corrected chi connectivity index (χ1v) is 5.10. The SMILES string of the molecule is [PH3+]N(C1CCC1)C1CCC1. The lowest BCUT2D eigenvalue weighted by molar-refractivity contribution is 0.136. The van der Waals surface area contributed by atoms with Crippen molar-refractivity contribution in [2.45, 2.75) is 50.6 Å². The Morgan fingerprint density at radius 2 is 1.30 bits per heavy atom. The summed E-state index contributed by atoms with van der Waals surface area (Å²) < 4.78 is 2.65. The first-order valence-electron chi connectivity index (χ1n) is 4.47. The second kappa shape index (κ2) is 2.79. The van der Waals surface area contributed by atoms with E-state index in [1.54, 1.807) is 0 Å². The highest BCUT2D eigenvalue weighted by atomic mass is 31.0. The van der Waals surface area contributed by atoms with Gasteiger partial charge in [-0.1, -0.05) is 12.8 Å². The average molecular weight is 158 g/mol. The van der Waals surface area contributed by atoms with Gasteiger partial charge in [-0.3, -0.25) is 0 Å². The third-order valence-electron chi connectivity index (χ3n) is 3.09. The zero-order valence-electron chi connectivity index (χ0n) is 6.55.